The van der Waals surface area contributed by atoms with Gasteiger partial charge in [0.15, 0.2) is 5.65 Å². The summed E-state index contributed by atoms with van der Waals surface area (Å²) in [6.45, 7) is 5.14. The van der Waals surface area contributed by atoms with Crippen molar-refractivity contribution in [1.29, 1.82) is 0 Å². The molecule has 1 aliphatic rings. The van der Waals surface area contributed by atoms with Crippen LogP contribution in [-0.4, -0.2) is 33.7 Å². The minimum atomic E-state index is -0.179. The monoisotopic (exact) mass is 380 g/mol. The van der Waals surface area contributed by atoms with Crippen molar-refractivity contribution >= 4 is 11.6 Å². The zero-order valence-electron chi connectivity index (χ0n) is 16.1. The third-order valence-electron chi connectivity index (χ3n) is 5.43. The molecule has 28 heavy (non-hydrogen) atoms. The lowest BCUT2D eigenvalue weighted by molar-refractivity contribution is -0.121. The van der Waals surface area contributed by atoms with Gasteiger partial charge in [-0.25, -0.2) is 9.50 Å². The zero-order chi connectivity index (χ0) is 19.7. The number of nitrogens with zero attached hydrogens (tertiary/aromatic N) is 2. The van der Waals surface area contributed by atoms with Crippen LogP contribution in [0.2, 0.25) is 0 Å². The van der Waals surface area contributed by atoms with Crippen molar-refractivity contribution in [2.45, 2.75) is 39.0 Å². The van der Waals surface area contributed by atoms with E-state index in [0.29, 0.717) is 31.6 Å². The number of aromatic nitrogens is 3. The molecule has 1 unspecified atom stereocenters. The average Bonchev–Trinajstić information content (AvgIpc) is 3.06. The molecule has 7 heteroatoms. The molecule has 0 saturated carbocycles. The first-order chi connectivity index (χ1) is 13.5. The molecule has 0 saturated heterocycles. The number of fused-ring (bicyclic) bond motifs is 2. The normalized spacial score (nSPS) is 15.9. The first-order valence-corrected chi connectivity index (χ1v) is 9.59. The molecule has 3 heterocycles. The maximum atomic E-state index is 12.4. The van der Waals surface area contributed by atoms with Crippen LogP contribution in [0.4, 0.5) is 0 Å². The van der Waals surface area contributed by atoms with E-state index in [2.05, 4.69) is 21.5 Å². The predicted octanol–water partition coefficient (Wildman–Crippen LogP) is 2.25. The smallest absolute Gasteiger partial charge is 0.266 e. The van der Waals surface area contributed by atoms with Gasteiger partial charge in [0.1, 0.15) is 5.75 Å². The van der Waals surface area contributed by atoms with Crippen LogP contribution < -0.4 is 15.6 Å². The summed E-state index contributed by atoms with van der Waals surface area (Å²) in [4.78, 5) is 28.5. The fourth-order valence-corrected chi connectivity index (χ4v) is 3.91. The molecule has 146 valence electrons. The molecule has 1 amide bonds. The number of carbonyl (C=O) groups is 1. The SMILES string of the molecule is Cc1nc2cc(=O)[nH]n2c(C)c1CCC(=O)NCC1CCOc2ccccc21. The van der Waals surface area contributed by atoms with Crippen LogP contribution in [0.25, 0.3) is 5.65 Å². The quantitative estimate of drug-likeness (QED) is 0.711. The first kappa shape index (κ1) is 18.3. The Morgan fingerprint density at radius 2 is 2.18 bits per heavy atom. The Morgan fingerprint density at radius 1 is 1.36 bits per heavy atom. The van der Waals surface area contributed by atoms with E-state index in [-0.39, 0.29) is 17.4 Å². The Hall–Kier alpha value is -3.09. The number of amides is 1. The van der Waals surface area contributed by atoms with E-state index >= 15 is 0 Å². The summed E-state index contributed by atoms with van der Waals surface area (Å²) in [6.07, 6.45) is 1.86. The highest BCUT2D eigenvalue weighted by Crippen LogP contribution is 2.32. The Bertz CT molecular complexity index is 1080. The standard InChI is InChI=1S/C21H24N4O3/c1-13-16(14(2)25-19(23-13)11-21(27)24-25)7-8-20(26)22-12-15-9-10-28-18-6-4-3-5-17(15)18/h3-6,11,15H,7-10,12H2,1-2H3,(H,22,26)(H,24,27). The number of rotatable bonds is 5. The van der Waals surface area contributed by atoms with Crippen molar-refractivity contribution < 1.29 is 9.53 Å². The van der Waals surface area contributed by atoms with Crippen LogP contribution in [-0.2, 0) is 11.2 Å². The molecule has 1 aromatic carbocycles. The van der Waals surface area contributed by atoms with Crippen LogP contribution in [0, 0.1) is 13.8 Å². The van der Waals surface area contributed by atoms with E-state index in [0.717, 1.165) is 34.7 Å². The number of hydrogen-bond donors (Lipinski definition) is 2. The summed E-state index contributed by atoms with van der Waals surface area (Å²) in [5.41, 5.74) is 4.34. The summed E-state index contributed by atoms with van der Waals surface area (Å²) in [7, 11) is 0. The second-order valence-electron chi connectivity index (χ2n) is 7.25. The fraction of sp³-hybridized carbons (Fsp3) is 0.381. The maximum Gasteiger partial charge on any atom is 0.266 e. The van der Waals surface area contributed by atoms with Gasteiger partial charge in [0.05, 0.1) is 6.61 Å². The van der Waals surface area contributed by atoms with Crippen LogP contribution in [0.3, 0.4) is 0 Å². The molecule has 0 spiro atoms. The molecular weight excluding hydrogens is 356 g/mol. The molecule has 0 fully saturated rings. The van der Waals surface area contributed by atoms with Gasteiger partial charge in [-0.05, 0) is 43.9 Å². The number of nitrogens with one attached hydrogen (secondary N) is 2. The second-order valence-corrected chi connectivity index (χ2v) is 7.25. The second kappa shape index (κ2) is 7.50. The highest BCUT2D eigenvalue weighted by Gasteiger charge is 2.21. The zero-order valence-corrected chi connectivity index (χ0v) is 16.1. The Kier molecular flexibility index (Phi) is 4.90. The third kappa shape index (κ3) is 3.52. The number of para-hydroxylation sites is 1. The summed E-state index contributed by atoms with van der Waals surface area (Å²) < 4.78 is 7.36. The summed E-state index contributed by atoms with van der Waals surface area (Å²) in [6, 6.07) is 9.48. The summed E-state index contributed by atoms with van der Waals surface area (Å²) in [5, 5.41) is 5.81. The lowest BCUT2D eigenvalue weighted by Gasteiger charge is -2.26. The minimum absolute atomic E-state index is 0.0175. The first-order valence-electron chi connectivity index (χ1n) is 9.59. The molecule has 3 aromatic rings. The van der Waals surface area contributed by atoms with E-state index in [1.165, 1.54) is 6.07 Å². The molecule has 0 aliphatic carbocycles. The van der Waals surface area contributed by atoms with Crippen molar-refractivity contribution in [1.82, 2.24) is 19.9 Å². The highest BCUT2D eigenvalue weighted by molar-refractivity contribution is 5.76. The number of carbonyl (C=O) groups excluding carboxylic acids is 1. The van der Waals surface area contributed by atoms with Crippen molar-refractivity contribution in [3.63, 3.8) is 0 Å². The number of aryl methyl sites for hydroxylation is 2. The van der Waals surface area contributed by atoms with Gasteiger partial charge in [0.25, 0.3) is 5.56 Å². The van der Waals surface area contributed by atoms with Crippen molar-refractivity contribution in [2.24, 2.45) is 0 Å². The molecule has 0 bridgehead atoms. The third-order valence-corrected chi connectivity index (χ3v) is 5.43. The van der Waals surface area contributed by atoms with Crippen LogP contribution in [0.1, 0.15) is 41.3 Å². The fourth-order valence-electron chi connectivity index (χ4n) is 3.91. The van der Waals surface area contributed by atoms with Gasteiger partial charge in [-0.15, -0.1) is 0 Å². The molecule has 0 radical (unpaired) electrons. The topological polar surface area (TPSA) is 88.5 Å². The highest BCUT2D eigenvalue weighted by atomic mass is 16.5. The van der Waals surface area contributed by atoms with Gasteiger partial charge in [0.2, 0.25) is 5.91 Å². The predicted molar refractivity (Wildman–Crippen MR) is 106 cm³/mol. The van der Waals surface area contributed by atoms with Gasteiger partial charge in [-0.2, -0.15) is 0 Å². The molecule has 4 rings (SSSR count). The summed E-state index contributed by atoms with van der Waals surface area (Å²) in [5.74, 6) is 1.21. The van der Waals surface area contributed by atoms with Gasteiger partial charge in [0, 0.05) is 36.3 Å². The van der Waals surface area contributed by atoms with Crippen LogP contribution in [0.5, 0.6) is 5.75 Å². The number of hydrogen-bond acceptors (Lipinski definition) is 4. The lowest BCUT2D eigenvalue weighted by Crippen LogP contribution is -2.31. The number of benzene rings is 1. The molecule has 2 aromatic heterocycles. The Balaban J connectivity index is 1.39. The molecule has 1 atom stereocenters. The van der Waals surface area contributed by atoms with Gasteiger partial charge in [-0.1, -0.05) is 18.2 Å². The van der Waals surface area contributed by atoms with E-state index in [9.17, 15) is 9.59 Å². The number of H-pyrrole nitrogens is 1. The molecule has 7 nitrogen and oxygen atoms in total. The van der Waals surface area contributed by atoms with Crippen molar-refractivity contribution in [3.05, 3.63) is 63.2 Å². The average molecular weight is 380 g/mol. The van der Waals surface area contributed by atoms with E-state index < -0.39 is 0 Å². The molecule has 1 aliphatic heterocycles. The maximum absolute atomic E-state index is 12.4. The van der Waals surface area contributed by atoms with Crippen LogP contribution in [0.15, 0.2) is 35.1 Å². The van der Waals surface area contributed by atoms with Gasteiger partial charge in [-0.3, -0.25) is 14.7 Å². The van der Waals surface area contributed by atoms with E-state index in [4.69, 9.17) is 4.74 Å². The Morgan fingerprint density at radius 3 is 3.04 bits per heavy atom. The Labute approximate surface area is 162 Å². The van der Waals surface area contributed by atoms with E-state index in [1.807, 2.05) is 32.0 Å². The lowest BCUT2D eigenvalue weighted by atomic mass is 9.93. The van der Waals surface area contributed by atoms with Crippen molar-refractivity contribution in [2.75, 3.05) is 13.2 Å². The number of ether oxygens (including phenoxy) is 1. The summed E-state index contributed by atoms with van der Waals surface area (Å²) >= 11 is 0. The molecular formula is C21H24N4O3. The van der Waals surface area contributed by atoms with Gasteiger partial charge >= 0.3 is 0 Å². The van der Waals surface area contributed by atoms with Crippen LogP contribution >= 0.6 is 0 Å². The van der Waals surface area contributed by atoms with Gasteiger partial charge < -0.3 is 10.1 Å². The molecule has 2 N–H and O–H groups in total. The number of aromatic amines is 1. The largest absolute Gasteiger partial charge is 0.493 e. The minimum Gasteiger partial charge on any atom is -0.493 e. The van der Waals surface area contributed by atoms with Crippen molar-refractivity contribution in [3.8, 4) is 5.75 Å². The van der Waals surface area contributed by atoms with E-state index in [1.54, 1.807) is 4.52 Å².